The van der Waals surface area contributed by atoms with Crippen LogP contribution in [0.3, 0.4) is 0 Å². The van der Waals surface area contributed by atoms with Crippen molar-refractivity contribution in [3.63, 3.8) is 0 Å². The molecular formula is C19H22N6. The van der Waals surface area contributed by atoms with Crippen molar-refractivity contribution in [2.24, 2.45) is 0 Å². The van der Waals surface area contributed by atoms with Gasteiger partial charge in [-0.05, 0) is 43.3 Å². The number of anilines is 4. The first-order valence-electron chi connectivity index (χ1n) is 8.14. The Kier molecular flexibility index (Phi) is 5.09. The zero-order valence-corrected chi connectivity index (χ0v) is 14.7. The Bertz CT molecular complexity index is 815. The Morgan fingerprint density at radius 3 is 2.40 bits per heavy atom. The molecule has 0 atom stereocenters. The maximum atomic E-state index is 4.45. The zero-order chi connectivity index (χ0) is 17.6. The third-order valence-electron chi connectivity index (χ3n) is 3.67. The molecule has 0 spiro atoms. The standard InChI is InChI=1S/C19H22N6/c1-14-22-18(21-13-16-6-4-5-11-20-16)12-19(23-14)24-15-7-9-17(10-8-15)25(2)3/h4-12H,13H2,1-3H3,(H2,21,22,23,24). The molecule has 25 heavy (non-hydrogen) atoms. The van der Waals surface area contributed by atoms with Gasteiger partial charge < -0.3 is 15.5 Å². The van der Waals surface area contributed by atoms with Gasteiger partial charge in [0.25, 0.3) is 0 Å². The summed E-state index contributed by atoms with van der Waals surface area (Å²) in [5.41, 5.74) is 3.11. The highest BCUT2D eigenvalue weighted by molar-refractivity contribution is 5.62. The monoisotopic (exact) mass is 334 g/mol. The van der Waals surface area contributed by atoms with Crippen LogP contribution in [0.2, 0.25) is 0 Å². The minimum atomic E-state index is 0.619. The Morgan fingerprint density at radius 2 is 1.72 bits per heavy atom. The summed E-state index contributed by atoms with van der Waals surface area (Å²) in [7, 11) is 4.05. The molecule has 6 heteroatoms. The first-order chi connectivity index (χ1) is 12.1. The van der Waals surface area contributed by atoms with E-state index in [1.807, 2.05) is 57.4 Å². The van der Waals surface area contributed by atoms with Gasteiger partial charge in [0.1, 0.15) is 17.5 Å². The summed E-state index contributed by atoms with van der Waals surface area (Å²) in [6.07, 6.45) is 1.78. The molecule has 2 aromatic heterocycles. The molecule has 0 fully saturated rings. The van der Waals surface area contributed by atoms with E-state index < -0.39 is 0 Å². The molecule has 2 heterocycles. The number of rotatable bonds is 6. The number of nitrogens with zero attached hydrogens (tertiary/aromatic N) is 4. The predicted octanol–water partition coefficient (Wildman–Crippen LogP) is 3.60. The van der Waals surface area contributed by atoms with Crippen LogP contribution in [0, 0.1) is 6.92 Å². The topological polar surface area (TPSA) is 66.0 Å². The van der Waals surface area contributed by atoms with E-state index in [4.69, 9.17) is 0 Å². The lowest BCUT2D eigenvalue weighted by Gasteiger charge is -2.14. The van der Waals surface area contributed by atoms with Gasteiger partial charge in [0.15, 0.2) is 0 Å². The quantitative estimate of drug-likeness (QED) is 0.718. The van der Waals surface area contributed by atoms with Crippen molar-refractivity contribution >= 4 is 23.0 Å². The van der Waals surface area contributed by atoms with Crippen LogP contribution >= 0.6 is 0 Å². The number of hydrogen-bond donors (Lipinski definition) is 2. The van der Waals surface area contributed by atoms with E-state index >= 15 is 0 Å². The lowest BCUT2D eigenvalue weighted by atomic mass is 10.2. The molecule has 0 aliphatic carbocycles. The van der Waals surface area contributed by atoms with E-state index in [0.717, 1.165) is 28.7 Å². The summed E-state index contributed by atoms with van der Waals surface area (Å²) in [6.45, 7) is 2.50. The third kappa shape index (κ3) is 4.67. The highest BCUT2D eigenvalue weighted by atomic mass is 15.1. The maximum Gasteiger partial charge on any atom is 0.136 e. The van der Waals surface area contributed by atoms with E-state index in [1.165, 1.54) is 0 Å². The van der Waals surface area contributed by atoms with Crippen LogP contribution < -0.4 is 15.5 Å². The number of nitrogens with one attached hydrogen (secondary N) is 2. The Morgan fingerprint density at radius 1 is 0.960 bits per heavy atom. The third-order valence-corrected chi connectivity index (χ3v) is 3.67. The van der Waals surface area contributed by atoms with Crippen LogP contribution in [0.4, 0.5) is 23.0 Å². The molecule has 6 nitrogen and oxygen atoms in total. The van der Waals surface area contributed by atoms with E-state index in [-0.39, 0.29) is 0 Å². The molecule has 128 valence electrons. The smallest absolute Gasteiger partial charge is 0.136 e. The van der Waals surface area contributed by atoms with Crippen molar-refractivity contribution in [3.05, 3.63) is 66.2 Å². The number of pyridine rings is 1. The van der Waals surface area contributed by atoms with Crippen LogP contribution in [0.5, 0.6) is 0 Å². The summed E-state index contributed by atoms with van der Waals surface area (Å²) in [4.78, 5) is 15.3. The van der Waals surface area contributed by atoms with Crippen LogP contribution in [0.25, 0.3) is 0 Å². The molecule has 2 N–H and O–H groups in total. The van der Waals surface area contributed by atoms with Crippen LogP contribution in [-0.2, 0) is 6.54 Å². The van der Waals surface area contributed by atoms with Crippen molar-refractivity contribution < 1.29 is 0 Å². The number of aromatic nitrogens is 3. The number of benzene rings is 1. The zero-order valence-electron chi connectivity index (χ0n) is 14.7. The van der Waals surface area contributed by atoms with E-state index in [9.17, 15) is 0 Å². The summed E-state index contributed by atoms with van der Waals surface area (Å²) < 4.78 is 0. The molecule has 0 bridgehead atoms. The molecule has 0 saturated carbocycles. The van der Waals surface area contributed by atoms with Gasteiger partial charge in [-0.2, -0.15) is 0 Å². The maximum absolute atomic E-state index is 4.45. The normalized spacial score (nSPS) is 10.4. The molecule has 0 radical (unpaired) electrons. The first-order valence-corrected chi connectivity index (χ1v) is 8.14. The van der Waals surface area contributed by atoms with Gasteiger partial charge in [0, 0.05) is 37.7 Å². The van der Waals surface area contributed by atoms with Crippen molar-refractivity contribution in [3.8, 4) is 0 Å². The fourth-order valence-corrected chi connectivity index (χ4v) is 2.40. The second kappa shape index (κ2) is 7.61. The molecule has 0 aliphatic rings. The summed E-state index contributed by atoms with van der Waals surface area (Å²) in [5.74, 6) is 2.23. The predicted molar refractivity (Wildman–Crippen MR) is 102 cm³/mol. The lowest BCUT2D eigenvalue weighted by molar-refractivity contribution is 0.996. The van der Waals surface area contributed by atoms with Crippen LogP contribution in [0.15, 0.2) is 54.7 Å². The van der Waals surface area contributed by atoms with Gasteiger partial charge in [-0.25, -0.2) is 9.97 Å². The Labute approximate surface area is 148 Å². The summed E-state index contributed by atoms with van der Waals surface area (Å²) >= 11 is 0. The minimum absolute atomic E-state index is 0.619. The molecule has 3 aromatic rings. The molecule has 0 amide bonds. The fourth-order valence-electron chi connectivity index (χ4n) is 2.40. The van der Waals surface area contributed by atoms with Crippen molar-refractivity contribution in [1.29, 1.82) is 0 Å². The van der Waals surface area contributed by atoms with Crippen molar-refractivity contribution in [2.75, 3.05) is 29.6 Å². The molecule has 0 saturated heterocycles. The van der Waals surface area contributed by atoms with Gasteiger partial charge in [-0.1, -0.05) is 6.07 Å². The fraction of sp³-hybridized carbons (Fsp3) is 0.211. The summed E-state index contributed by atoms with van der Waals surface area (Å²) in [5, 5.41) is 6.62. The largest absolute Gasteiger partial charge is 0.378 e. The van der Waals surface area contributed by atoms with E-state index in [0.29, 0.717) is 12.4 Å². The van der Waals surface area contributed by atoms with E-state index in [1.54, 1.807) is 6.20 Å². The Balaban J connectivity index is 1.70. The number of hydrogen-bond acceptors (Lipinski definition) is 6. The second-order valence-electron chi connectivity index (χ2n) is 5.93. The SMILES string of the molecule is Cc1nc(NCc2ccccn2)cc(Nc2ccc(N(C)C)cc2)n1. The molecule has 0 aliphatic heterocycles. The van der Waals surface area contributed by atoms with Gasteiger partial charge in [0.05, 0.1) is 12.2 Å². The lowest BCUT2D eigenvalue weighted by Crippen LogP contribution is -2.08. The Hall–Kier alpha value is -3.15. The van der Waals surface area contributed by atoms with Crippen LogP contribution in [-0.4, -0.2) is 29.0 Å². The van der Waals surface area contributed by atoms with Crippen LogP contribution in [0.1, 0.15) is 11.5 Å². The van der Waals surface area contributed by atoms with Crippen molar-refractivity contribution in [1.82, 2.24) is 15.0 Å². The summed E-state index contributed by atoms with van der Waals surface area (Å²) in [6, 6.07) is 16.0. The van der Waals surface area contributed by atoms with Gasteiger partial charge in [-0.3, -0.25) is 4.98 Å². The van der Waals surface area contributed by atoms with Gasteiger partial charge >= 0.3 is 0 Å². The average Bonchev–Trinajstić information content (AvgIpc) is 2.61. The average molecular weight is 334 g/mol. The molecule has 3 rings (SSSR count). The highest BCUT2D eigenvalue weighted by Crippen LogP contribution is 2.20. The van der Waals surface area contributed by atoms with Gasteiger partial charge in [-0.15, -0.1) is 0 Å². The molecule has 1 aromatic carbocycles. The molecule has 0 unspecified atom stereocenters. The van der Waals surface area contributed by atoms with E-state index in [2.05, 4.69) is 42.6 Å². The number of aryl methyl sites for hydroxylation is 1. The first kappa shape index (κ1) is 16.7. The van der Waals surface area contributed by atoms with Crippen molar-refractivity contribution in [2.45, 2.75) is 13.5 Å². The minimum Gasteiger partial charge on any atom is -0.378 e. The second-order valence-corrected chi connectivity index (χ2v) is 5.93. The molecular weight excluding hydrogens is 312 g/mol. The highest BCUT2D eigenvalue weighted by Gasteiger charge is 2.04. The van der Waals surface area contributed by atoms with Gasteiger partial charge in [0.2, 0.25) is 0 Å².